The van der Waals surface area contributed by atoms with Crippen LogP contribution in [0.3, 0.4) is 0 Å². The minimum absolute atomic E-state index is 0. The number of nitrogens with one attached hydrogen (secondary N) is 2. The van der Waals surface area contributed by atoms with Gasteiger partial charge in [-0.15, -0.1) is 12.4 Å². The molecule has 0 aromatic heterocycles. The first-order chi connectivity index (χ1) is 10.1. The van der Waals surface area contributed by atoms with Gasteiger partial charge in [0, 0.05) is 11.6 Å². The minimum atomic E-state index is 0. The summed E-state index contributed by atoms with van der Waals surface area (Å²) in [5.74, 6) is 1.92. The van der Waals surface area contributed by atoms with Gasteiger partial charge in [0.2, 0.25) is 5.91 Å². The fraction of sp³-hybridized carbons (Fsp3) is 0.562. The summed E-state index contributed by atoms with van der Waals surface area (Å²) < 4.78 is 10.5. The van der Waals surface area contributed by atoms with Crippen molar-refractivity contribution in [1.82, 2.24) is 10.6 Å². The molecule has 2 atom stereocenters. The van der Waals surface area contributed by atoms with Crippen LogP contribution in [0.25, 0.3) is 0 Å². The average molecular weight is 329 g/mol. The maximum absolute atomic E-state index is 12.3. The zero-order valence-corrected chi connectivity index (χ0v) is 14.2. The number of piperidine rings is 1. The highest BCUT2D eigenvalue weighted by Crippen LogP contribution is 2.24. The van der Waals surface area contributed by atoms with Gasteiger partial charge in [-0.1, -0.05) is 6.92 Å². The number of ether oxygens (including phenoxy) is 2. The Morgan fingerprint density at radius 3 is 2.77 bits per heavy atom. The molecule has 0 aliphatic carbocycles. The molecule has 1 fully saturated rings. The van der Waals surface area contributed by atoms with Crippen LogP contribution >= 0.6 is 12.4 Å². The number of benzene rings is 1. The molecule has 22 heavy (non-hydrogen) atoms. The van der Waals surface area contributed by atoms with Gasteiger partial charge >= 0.3 is 0 Å². The van der Waals surface area contributed by atoms with E-state index in [-0.39, 0.29) is 24.4 Å². The molecule has 5 nitrogen and oxygen atoms in total. The topological polar surface area (TPSA) is 59.6 Å². The normalized spacial score (nSPS) is 20.7. The smallest absolute Gasteiger partial charge is 0.224 e. The van der Waals surface area contributed by atoms with Gasteiger partial charge in [0.25, 0.3) is 0 Å². The molecule has 2 unspecified atom stereocenters. The Kier molecular flexibility index (Phi) is 7.48. The summed E-state index contributed by atoms with van der Waals surface area (Å²) in [6.07, 6.45) is 1.28. The summed E-state index contributed by atoms with van der Waals surface area (Å²) in [5.41, 5.74) is 0.843. The summed E-state index contributed by atoms with van der Waals surface area (Å²) in [6.45, 7) is 4.06. The molecule has 0 bridgehead atoms. The summed E-state index contributed by atoms with van der Waals surface area (Å²) in [6, 6.07) is 5.75. The van der Waals surface area contributed by atoms with Crippen molar-refractivity contribution in [3.05, 3.63) is 23.8 Å². The molecule has 1 aromatic carbocycles. The van der Waals surface area contributed by atoms with Crippen molar-refractivity contribution in [1.29, 1.82) is 0 Å². The third-order valence-electron chi connectivity index (χ3n) is 3.97. The zero-order valence-electron chi connectivity index (χ0n) is 13.3. The molecule has 1 aliphatic heterocycles. The van der Waals surface area contributed by atoms with Gasteiger partial charge in [0.05, 0.1) is 20.6 Å². The van der Waals surface area contributed by atoms with Crippen molar-refractivity contribution in [2.75, 3.05) is 27.3 Å². The molecule has 1 aromatic rings. The summed E-state index contributed by atoms with van der Waals surface area (Å²) in [7, 11) is 3.22. The van der Waals surface area contributed by atoms with Gasteiger partial charge in [-0.2, -0.15) is 0 Å². The number of methoxy groups -OCH3 is 2. The molecule has 1 aliphatic rings. The lowest BCUT2D eigenvalue weighted by Crippen LogP contribution is -2.48. The summed E-state index contributed by atoms with van der Waals surface area (Å²) in [4.78, 5) is 12.3. The molecule has 0 spiro atoms. The van der Waals surface area contributed by atoms with E-state index in [1.807, 2.05) is 18.2 Å². The molecule has 124 valence electrons. The van der Waals surface area contributed by atoms with Crippen LogP contribution in [0.4, 0.5) is 0 Å². The largest absolute Gasteiger partial charge is 0.497 e. The first-order valence-electron chi connectivity index (χ1n) is 7.35. The second-order valence-corrected chi connectivity index (χ2v) is 5.50. The number of hydrogen-bond donors (Lipinski definition) is 2. The number of halogens is 1. The molecular weight excluding hydrogens is 304 g/mol. The van der Waals surface area contributed by atoms with Crippen molar-refractivity contribution in [3.8, 4) is 11.5 Å². The predicted molar refractivity (Wildman–Crippen MR) is 89.1 cm³/mol. The van der Waals surface area contributed by atoms with Crippen molar-refractivity contribution in [2.45, 2.75) is 25.8 Å². The lowest BCUT2D eigenvalue weighted by atomic mass is 9.95. The number of hydrogen-bond acceptors (Lipinski definition) is 4. The second kappa shape index (κ2) is 8.86. The Morgan fingerprint density at radius 2 is 2.14 bits per heavy atom. The number of carbonyl (C=O) groups is 1. The summed E-state index contributed by atoms with van der Waals surface area (Å²) >= 11 is 0. The molecule has 1 saturated heterocycles. The van der Waals surface area contributed by atoms with Gasteiger partial charge in [-0.25, -0.2) is 0 Å². The Bertz CT molecular complexity index is 496. The quantitative estimate of drug-likeness (QED) is 0.865. The lowest BCUT2D eigenvalue weighted by Gasteiger charge is -2.30. The van der Waals surface area contributed by atoms with E-state index < -0.39 is 0 Å². The van der Waals surface area contributed by atoms with Gasteiger partial charge in [-0.05, 0) is 43.6 Å². The average Bonchev–Trinajstić information content (AvgIpc) is 2.49. The van der Waals surface area contributed by atoms with E-state index in [2.05, 4.69) is 17.6 Å². The van der Waals surface area contributed by atoms with Gasteiger partial charge in [-0.3, -0.25) is 4.79 Å². The van der Waals surface area contributed by atoms with Crippen LogP contribution in [-0.4, -0.2) is 39.3 Å². The molecule has 1 heterocycles. The third kappa shape index (κ3) is 4.78. The van der Waals surface area contributed by atoms with E-state index in [0.29, 0.717) is 18.1 Å². The first-order valence-corrected chi connectivity index (χ1v) is 7.35. The predicted octanol–water partition coefficient (Wildman–Crippen LogP) is 1.78. The number of carbonyl (C=O) groups excluding carboxylic acids is 1. The first kappa shape index (κ1) is 18.6. The number of amides is 1. The van der Waals surface area contributed by atoms with Crippen LogP contribution in [0.1, 0.15) is 18.9 Å². The second-order valence-electron chi connectivity index (χ2n) is 5.50. The van der Waals surface area contributed by atoms with E-state index >= 15 is 0 Å². The molecule has 0 radical (unpaired) electrons. The Balaban J connectivity index is 0.00000242. The Labute approximate surface area is 138 Å². The fourth-order valence-electron chi connectivity index (χ4n) is 2.68. The maximum Gasteiger partial charge on any atom is 0.224 e. The van der Waals surface area contributed by atoms with E-state index in [9.17, 15) is 4.79 Å². The van der Waals surface area contributed by atoms with Crippen LogP contribution in [0, 0.1) is 5.92 Å². The van der Waals surface area contributed by atoms with E-state index in [0.717, 1.165) is 30.8 Å². The fourth-order valence-corrected chi connectivity index (χ4v) is 2.68. The van der Waals surface area contributed by atoms with Crippen LogP contribution < -0.4 is 20.1 Å². The standard InChI is InChI=1S/C16H24N2O3.ClH/c1-11-10-17-7-6-14(11)18-16(19)9-12-8-13(20-2)4-5-15(12)21-3;/h4-5,8,11,14,17H,6-7,9-10H2,1-3H3,(H,18,19);1H. The van der Waals surface area contributed by atoms with Crippen molar-refractivity contribution >= 4 is 18.3 Å². The molecule has 1 amide bonds. The van der Waals surface area contributed by atoms with Crippen LogP contribution in [-0.2, 0) is 11.2 Å². The minimum Gasteiger partial charge on any atom is -0.497 e. The Morgan fingerprint density at radius 1 is 1.36 bits per heavy atom. The van der Waals surface area contributed by atoms with Crippen molar-refractivity contribution < 1.29 is 14.3 Å². The highest BCUT2D eigenvalue weighted by Gasteiger charge is 2.23. The lowest BCUT2D eigenvalue weighted by molar-refractivity contribution is -0.121. The van der Waals surface area contributed by atoms with Crippen molar-refractivity contribution in [3.63, 3.8) is 0 Å². The van der Waals surface area contributed by atoms with Crippen LogP contribution in [0.2, 0.25) is 0 Å². The SMILES string of the molecule is COc1ccc(OC)c(CC(=O)NC2CCNCC2C)c1.Cl. The zero-order chi connectivity index (χ0) is 15.2. The maximum atomic E-state index is 12.3. The van der Waals surface area contributed by atoms with Gasteiger partial charge < -0.3 is 20.1 Å². The number of rotatable bonds is 5. The molecule has 6 heteroatoms. The van der Waals surface area contributed by atoms with E-state index in [1.54, 1.807) is 14.2 Å². The highest BCUT2D eigenvalue weighted by molar-refractivity contribution is 5.85. The van der Waals surface area contributed by atoms with Gasteiger partial charge in [0.15, 0.2) is 0 Å². The molecule has 0 saturated carbocycles. The molecular formula is C16H25ClN2O3. The highest BCUT2D eigenvalue weighted by atomic mass is 35.5. The van der Waals surface area contributed by atoms with Gasteiger partial charge in [0.1, 0.15) is 11.5 Å². The molecule has 2 N–H and O–H groups in total. The van der Waals surface area contributed by atoms with E-state index in [4.69, 9.17) is 9.47 Å². The van der Waals surface area contributed by atoms with Crippen molar-refractivity contribution in [2.24, 2.45) is 5.92 Å². The third-order valence-corrected chi connectivity index (χ3v) is 3.97. The monoisotopic (exact) mass is 328 g/mol. The summed E-state index contributed by atoms with van der Waals surface area (Å²) in [5, 5.41) is 6.46. The molecule has 2 rings (SSSR count). The van der Waals surface area contributed by atoms with Crippen LogP contribution in [0.15, 0.2) is 18.2 Å². The van der Waals surface area contributed by atoms with Crippen LogP contribution in [0.5, 0.6) is 11.5 Å². The van der Waals surface area contributed by atoms with E-state index in [1.165, 1.54) is 0 Å². The Hall–Kier alpha value is -1.46.